The quantitative estimate of drug-likeness (QED) is 0.368. The molecule has 0 unspecified atom stereocenters. The molecule has 0 aromatic heterocycles. The topological polar surface area (TPSA) is 43.4 Å². The number of ether oxygens (including phenoxy) is 1. The van der Waals surface area contributed by atoms with Gasteiger partial charge in [0, 0.05) is 12.8 Å². The van der Waals surface area contributed by atoms with E-state index < -0.39 is 5.97 Å². The molecule has 0 amide bonds. The summed E-state index contributed by atoms with van der Waals surface area (Å²) in [5, 5.41) is 0. The molecule has 0 atom stereocenters. The fraction of sp³-hybridized carbons (Fsp3) is 0.714. The van der Waals surface area contributed by atoms with Crippen LogP contribution in [0.1, 0.15) is 64.2 Å². The second-order valence-corrected chi connectivity index (χ2v) is 4.52. The van der Waals surface area contributed by atoms with E-state index in [0.717, 1.165) is 19.3 Å². The standard InChI is InChI=1S/C14H22O3/c15-13-11-9-7-5-3-1-2-4-6-8-10-12-14(16)17-13/h5,7H,1-4,6,8-12H2/b7-5-. The third-order valence-electron chi connectivity index (χ3n) is 2.91. The van der Waals surface area contributed by atoms with Gasteiger partial charge in [0.2, 0.25) is 0 Å². The number of hydrogen-bond acceptors (Lipinski definition) is 3. The zero-order chi connectivity index (χ0) is 12.3. The highest BCUT2D eigenvalue weighted by molar-refractivity contribution is 5.85. The minimum Gasteiger partial charge on any atom is -0.393 e. The van der Waals surface area contributed by atoms with E-state index in [1.165, 1.54) is 25.7 Å². The van der Waals surface area contributed by atoms with Gasteiger partial charge < -0.3 is 4.74 Å². The Hall–Kier alpha value is -1.12. The van der Waals surface area contributed by atoms with E-state index >= 15 is 0 Å². The van der Waals surface area contributed by atoms with E-state index in [1.54, 1.807) is 0 Å². The van der Waals surface area contributed by atoms with Gasteiger partial charge in [-0.15, -0.1) is 0 Å². The Kier molecular flexibility index (Phi) is 7.35. The first kappa shape index (κ1) is 13.9. The van der Waals surface area contributed by atoms with Gasteiger partial charge >= 0.3 is 11.9 Å². The van der Waals surface area contributed by atoms with Gasteiger partial charge in [0.15, 0.2) is 0 Å². The molecule has 0 saturated carbocycles. The summed E-state index contributed by atoms with van der Waals surface area (Å²) in [7, 11) is 0. The van der Waals surface area contributed by atoms with Crippen molar-refractivity contribution < 1.29 is 14.3 Å². The van der Waals surface area contributed by atoms with E-state index in [-0.39, 0.29) is 5.97 Å². The van der Waals surface area contributed by atoms with Crippen molar-refractivity contribution in [3.05, 3.63) is 12.2 Å². The number of carbonyl (C=O) groups excluding carboxylic acids is 2. The van der Waals surface area contributed by atoms with Gasteiger partial charge in [-0.2, -0.15) is 0 Å². The van der Waals surface area contributed by atoms with Crippen molar-refractivity contribution in [1.29, 1.82) is 0 Å². The number of cyclic esters (lactones) is 2. The average Bonchev–Trinajstić information content (AvgIpc) is 2.30. The number of esters is 2. The molecule has 0 aliphatic carbocycles. The number of hydrogen-bond donors (Lipinski definition) is 0. The lowest BCUT2D eigenvalue weighted by atomic mass is 10.1. The van der Waals surface area contributed by atoms with Crippen molar-refractivity contribution in [1.82, 2.24) is 0 Å². The second kappa shape index (κ2) is 8.97. The maximum atomic E-state index is 11.3. The number of rotatable bonds is 0. The average molecular weight is 238 g/mol. The summed E-state index contributed by atoms with van der Waals surface area (Å²) >= 11 is 0. The number of allylic oxidation sites excluding steroid dienone is 2. The van der Waals surface area contributed by atoms with Crippen LogP contribution in [0.2, 0.25) is 0 Å². The summed E-state index contributed by atoms with van der Waals surface area (Å²) in [6, 6.07) is 0. The molecule has 0 spiro atoms. The third kappa shape index (κ3) is 7.72. The first-order chi connectivity index (χ1) is 8.29. The normalized spacial score (nSPS) is 23.3. The van der Waals surface area contributed by atoms with Gasteiger partial charge in [-0.25, -0.2) is 0 Å². The van der Waals surface area contributed by atoms with Crippen molar-refractivity contribution in [3.8, 4) is 0 Å². The molecule has 0 radical (unpaired) electrons. The van der Waals surface area contributed by atoms with Gasteiger partial charge in [0.25, 0.3) is 0 Å². The van der Waals surface area contributed by atoms with E-state index in [9.17, 15) is 9.59 Å². The summed E-state index contributed by atoms with van der Waals surface area (Å²) in [6.45, 7) is 0. The Labute approximate surface area is 103 Å². The molecule has 0 aromatic carbocycles. The summed E-state index contributed by atoms with van der Waals surface area (Å²) < 4.78 is 4.71. The van der Waals surface area contributed by atoms with E-state index in [1.807, 2.05) is 6.08 Å². The van der Waals surface area contributed by atoms with Crippen LogP contribution in [0.4, 0.5) is 0 Å². The van der Waals surface area contributed by atoms with Crippen LogP contribution in [0.3, 0.4) is 0 Å². The Morgan fingerprint density at radius 3 is 2.12 bits per heavy atom. The molecule has 1 rings (SSSR count). The highest BCUT2D eigenvalue weighted by atomic mass is 16.6. The van der Waals surface area contributed by atoms with E-state index in [0.29, 0.717) is 19.3 Å². The molecule has 0 fully saturated rings. The first-order valence-corrected chi connectivity index (χ1v) is 6.67. The molecule has 1 aliphatic rings. The van der Waals surface area contributed by atoms with Crippen LogP contribution in [-0.2, 0) is 14.3 Å². The summed E-state index contributed by atoms with van der Waals surface area (Å²) in [4.78, 5) is 22.5. The molecule has 3 nitrogen and oxygen atoms in total. The zero-order valence-corrected chi connectivity index (χ0v) is 10.5. The lowest BCUT2D eigenvalue weighted by molar-refractivity contribution is -0.159. The van der Waals surface area contributed by atoms with Gasteiger partial charge in [0.1, 0.15) is 0 Å². The maximum Gasteiger partial charge on any atom is 0.313 e. The fourth-order valence-electron chi connectivity index (χ4n) is 1.90. The van der Waals surface area contributed by atoms with Crippen LogP contribution in [0.15, 0.2) is 12.2 Å². The maximum absolute atomic E-state index is 11.3. The Morgan fingerprint density at radius 1 is 0.706 bits per heavy atom. The SMILES string of the molecule is O=C1CC/C=C\CCCCCCCCC(=O)O1. The second-order valence-electron chi connectivity index (χ2n) is 4.52. The minimum atomic E-state index is -0.394. The van der Waals surface area contributed by atoms with Crippen LogP contribution >= 0.6 is 0 Å². The van der Waals surface area contributed by atoms with Crippen LogP contribution < -0.4 is 0 Å². The predicted molar refractivity (Wildman–Crippen MR) is 66.4 cm³/mol. The van der Waals surface area contributed by atoms with E-state index in [4.69, 9.17) is 4.74 Å². The molecule has 0 saturated heterocycles. The van der Waals surface area contributed by atoms with Gasteiger partial charge in [-0.1, -0.05) is 37.8 Å². The van der Waals surface area contributed by atoms with Gasteiger partial charge in [0.05, 0.1) is 0 Å². The molecular formula is C14H22O3. The molecule has 1 aliphatic heterocycles. The lowest BCUT2D eigenvalue weighted by Gasteiger charge is -2.02. The Morgan fingerprint density at radius 2 is 1.29 bits per heavy atom. The van der Waals surface area contributed by atoms with Crippen molar-refractivity contribution >= 4 is 11.9 Å². The highest BCUT2D eigenvalue weighted by Gasteiger charge is 2.09. The largest absolute Gasteiger partial charge is 0.393 e. The third-order valence-corrected chi connectivity index (χ3v) is 2.91. The summed E-state index contributed by atoms with van der Waals surface area (Å²) in [5.74, 6) is -0.761. The van der Waals surface area contributed by atoms with Crippen LogP contribution in [0.5, 0.6) is 0 Å². The molecule has 96 valence electrons. The van der Waals surface area contributed by atoms with Gasteiger partial charge in [-0.05, 0) is 25.7 Å². The number of carbonyl (C=O) groups is 2. The molecule has 0 bridgehead atoms. The summed E-state index contributed by atoms with van der Waals surface area (Å²) in [6.07, 6.45) is 13.4. The van der Waals surface area contributed by atoms with Crippen LogP contribution in [0, 0.1) is 0 Å². The monoisotopic (exact) mass is 238 g/mol. The predicted octanol–water partition coefficient (Wildman–Crippen LogP) is 3.53. The molecular weight excluding hydrogens is 216 g/mol. The van der Waals surface area contributed by atoms with Crippen LogP contribution in [0.25, 0.3) is 0 Å². The molecule has 0 N–H and O–H groups in total. The molecule has 0 aromatic rings. The fourth-order valence-corrected chi connectivity index (χ4v) is 1.90. The molecule has 3 heteroatoms. The van der Waals surface area contributed by atoms with E-state index in [2.05, 4.69) is 6.08 Å². The molecule has 17 heavy (non-hydrogen) atoms. The zero-order valence-electron chi connectivity index (χ0n) is 10.5. The van der Waals surface area contributed by atoms with Crippen molar-refractivity contribution in [2.75, 3.05) is 0 Å². The first-order valence-electron chi connectivity index (χ1n) is 6.67. The Balaban J connectivity index is 2.33. The highest BCUT2D eigenvalue weighted by Crippen LogP contribution is 2.10. The summed E-state index contributed by atoms with van der Waals surface area (Å²) in [5.41, 5.74) is 0. The molecule has 1 heterocycles. The van der Waals surface area contributed by atoms with Crippen LogP contribution in [-0.4, -0.2) is 11.9 Å². The Bertz CT molecular complexity index is 269. The van der Waals surface area contributed by atoms with Gasteiger partial charge in [-0.3, -0.25) is 9.59 Å². The van der Waals surface area contributed by atoms with Crippen molar-refractivity contribution in [3.63, 3.8) is 0 Å². The van der Waals surface area contributed by atoms with Crippen molar-refractivity contribution in [2.45, 2.75) is 64.2 Å². The smallest absolute Gasteiger partial charge is 0.313 e. The van der Waals surface area contributed by atoms with Crippen molar-refractivity contribution in [2.24, 2.45) is 0 Å². The minimum absolute atomic E-state index is 0.308. The lowest BCUT2D eigenvalue weighted by Crippen LogP contribution is -2.11.